The predicted molar refractivity (Wildman–Crippen MR) is 95.4 cm³/mol. The Labute approximate surface area is 150 Å². The molecule has 1 amide bonds. The van der Waals surface area contributed by atoms with E-state index in [1.165, 1.54) is 25.5 Å². The molecule has 0 aromatic heterocycles. The van der Waals surface area contributed by atoms with E-state index in [1.54, 1.807) is 0 Å². The molecule has 1 aliphatic heterocycles. The van der Waals surface area contributed by atoms with E-state index >= 15 is 0 Å². The Kier molecular flexibility index (Phi) is 4.01. The van der Waals surface area contributed by atoms with Gasteiger partial charge in [0.2, 0.25) is 5.91 Å². The second kappa shape index (κ2) is 5.85. The van der Waals surface area contributed by atoms with Crippen LogP contribution in [0.15, 0.2) is 11.8 Å². The predicted octanol–water partition coefficient (Wildman–Crippen LogP) is 3.95. The van der Waals surface area contributed by atoms with Crippen LogP contribution in [0.5, 0.6) is 0 Å². The summed E-state index contributed by atoms with van der Waals surface area (Å²) in [5, 5.41) is 3.21. The van der Waals surface area contributed by atoms with Crippen LogP contribution in [0.2, 0.25) is 0 Å². The first kappa shape index (κ1) is 17.1. The Balaban J connectivity index is 1.63. The highest BCUT2D eigenvalue weighted by atomic mass is 16.5. The molecule has 1 N–H and O–H groups in total. The quantitative estimate of drug-likeness (QED) is 0.732. The highest BCUT2D eigenvalue weighted by Gasteiger charge is 2.59. The van der Waals surface area contributed by atoms with Gasteiger partial charge in [0.25, 0.3) is 0 Å². The van der Waals surface area contributed by atoms with Crippen LogP contribution in [-0.4, -0.2) is 18.0 Å². The lowest BCUT2D eigenvalue weighted by molar-refractivity contribution is -0.156. The summed E-state index contributed by atoms with van der Waals surface area (Å²) in [5.74, 6) is 1.97. The second-order valence-corrected chi connectivity index (χ2v) is 9.27. The third-order valence-corrected chi connectivity index (χ3v) is 8.06. The number of hydrogen-bond donors (Lipinski definition) is 1. The van der Waals surface area contributed by atoms with Gasteiger partial charge in [0.15, 0.2) is 0 Å². The van der Waals surface area contributed by atoms with Crippen molar-refractivity contribution in [3.63, 3.8) is 0 Å². The summed E-state index contributed by atoms with van der Waals surface area (Å²) in [5.41, 5.74) is 1.42. The lowest BCUT2D eigenvalue weighted by atomic mass is 9.50. The van der Waals surface area contributed by atoms with Crippen molar-refractivity contribution in [1.29, 1.82) is 0 Å². The Morgan fingerprint density at radius 3 is 2.76 bits per heavy atom. The number of ether oxygens (including phenoxy) is 1. The molecule has 6 unspecified atom stereocenters. The van der Waals surface area contributed by atoms with Crippen molar-refractivity contribution in [1.82, 2.24) is 5.32 Å². The van der Waals surface area contributed by atoms with Crippen molar-refractivity contribution in [3.8, 4) is 0 Å². The molecule has 2 saturated carbocycles. The number of hydrogen-bond acceptors (Lipinski definition) is 3. The molecule has 0 aromatic carbocycles. The summed E-state index contributed by atoms with van der Waals surface area (Å²) in [7, 11) is 0. The van der Waals surface area contributed by atoms with E-state index in [9.17, 15) is 9.59 Å². The number of nitrogens with one attached hydrogen (secondary N) is 1. The maximum absolute atomic E-state index is 12.0. The van der Waals surface area contributed by atoms with E-state index in [0.717, 1.165) is 32.1 Å². The zero-order valence-electron chi connectivity index (χ0n) is 15.8. The van der Waals surface area contributed by atoms with Gasteiger partial charge >= 0.3 is 5.97 Å². The van der Waals surface area contributed by atoms with Crippen LogP contribution in [0.1, 0.15) is 72.1 Å². The number of amides is 1. The van der Waals surface area contributed by atoms with Gasteiger partial charge in [0, 0.05) is 29.9 Å². The Morgan fingerprint density at radius 2 is 2.00 bits per heavy atom. The van der Waals surface area contributed by atoms with E-state index in [2.05, 4.69) is 25.2 Å². The van der Waals surface area contributed by atoms with Crippen LogP contribution in [0.25, 0.3) is 0 Å². The fourth-order valence-corrected chi connectivity index (χ4v) is 6.78. The molecule has 0 bridgehead atoms. The molecule has 6 atom stereocenters. The van der Waals surface area contributed by atoms with Gasteiger partial charge in [-0.2, -0.15) is 0 Å². The average molecular weight is 345 g/mol. The zero-order valence-corrected chi connectivity index (χ0v) is 15.8. The first-order chi connectivity index (χ1) is 11.8. The van der Waals surface area contributed by atoms with E-state index < -0.39 is 0 Å². The molecule has 0 spiro atoms. The number of carbonyl (C=O) groups is 2. The number of rotatable bonds is 1. The number of carbonyl (C=O) groups excluding carboxylic acids is 2. The molecule has 0 aromatic rings. The Morgan fingerprint density at radius 1 is 1.20 bits per heavy atom. The minimum atomic E-state index is -0.140. The molecule has 1 heterocycles. The van der Waals surface area contributed by atoms with Gasteiger partial charge in [-0.15, -0.1) is 0 Å². The zero-order chi connectivity index (χ0) is 17.8. The lowest BCUT2D eigenvalue weighted by Crippen LogP contribution is -2.51. The van der Waals surface area contributed by atoms with E-state index in [-0.39, 0.29) is 28.8 Å². The van der Waals surface area contributed by atoms with Crippen molar-refractivity contribution in [3.05, 3.63) is 11.8 Å². The maximum atomic E-state index is 12.0. The molecule has 4 rings (SSSR count). The first-order valence-corrected chi connectivity index (χ1v) is 10.0. The summed E-state index contributed by atoms with van der Waals surface area (Å²) < 4.78 is 5.72. The Hall–Kier alpha value is -1.32. The lowest BCUT2D eigenvalue weighted by Gasteiger charge is -2.55. The van der Waals surface area contributed by atoms with Gasteiger partial charge in [0.1, 0.15) is 6.10 Å². The van der Waals surface area contributed by atoms with Crippen molar-refractivity contribution < 1.29 is 14.3 Å². The summed E-state index contributed by atoms with van der Waals surface area (Å²) >= 11 is 0. The van der Waals surface area contributed by atoms with Crippen LogP contribution < -0.4 is 5.32 Å². The third kappa shape index (κ3) is 2.55. The van der Waals surface area contributed by atoms with Gasteiger partial charge in [-0.25, -0.2) is 0 Å². The number of fused-ring (bicyclic) bond motifs is 5. The fraction of sp³-hybridized carbons (Fsp3) is 0.810. The van der Waals surface area contributed by atoms with Gasteiger partial charge in [-0.05, 0) is 62.7 Å². The minimum Gasteiger partial charge on any atom is -0.462 e. The van der Waals surface area contributed by atoms with Gasteiger partial charge in [-0.3, -0.25) is 9.59 Å². The van der Waals surface area contributed by atoms with E-state index in [1.807, 2.05) is 0 Å². The summed E-state index contributed by atoms with van der Waals surface area (Å²) in [6.07, 6.45) is 10.7. The molecule has 138 valence electrons. The average Bonchev–Trinajstić information content (AvgIpc) is 2.77. The van der Waals surface area contributed by atoms with Crippen molar-refractivity contribution in [2.24, 2.45) is 28.6 Å². The molecule has 1 saturated heterocycles. The largest absolute Gasteiger partial charge is 0.462 e. The molecule has 0 radical (unpaired) electrons. The SMILES string of the molecule is CC(=O)OC1CCC2C3CC=C4NC(=O)CCCC4(C)C3CCC12C. The van der Waals surface area contributed by atoms with Crippen LogP contribution in [0.4, 0.5) is 0 Å². The normalized spacial score (nSPS) is 46.0. The summed E-state index contributed by atoms with van der Waals surface area (Å²) in [6, 6.07) is 0. The molecule has 25 heavy (non-hydrogen) atoms. The van der Waals surface area contributed by atoms with E-state index in [4.69, 9.17) is 4.74 Å². The topological polar surface area (TPSA) is 55.4 Å². The molecule has 4 aliphatic rings. The molecule has 4 nitrogen and oxygen atoms in total. The first-order valence-electron chi connectivity index (χ1n) is 10.0. The molecular weight excluding hydrogens is 314 g/mol. The second-order valence-electron chi connectivity index (χ2n) is 9.27. The highest BCUT2D eigenvalue weighted by molar-refractivity contribution is 5.78. The smallest absolute Gasteiger partial charge is 0.302 e. The van der Waals surface area contributed by atoms with Gasteiger partial charge in [-0.1, -0.05) is 19.9 Å². The van der Waals surface area contributed by atoms with Crippen molar-refractivity contribution in [2.75, 3.05) is 0 Å². The van der Waals surface area contributed by atoms with Crippen LogP contribution in [0, 0.1) is 28.6 Å². The summed E-state index contributed by atoms with van der Waals surface area (Å²) in [6.45, 7) is 6.26. The van der Waals surface area contributed by atoms with Gasteiger partial charge < -0.3 is 10.1 Å². The number of esters is 1. The van der Waals surface area contributed by atoms with E-state index in [0.29, 0.717) is 24.2 Å². The van der Waals surface area contributed by atoms with Crippen LogP contribution in [0.3, 0.4) is 0 Å². The number of allylic oxidation sites excluding steroid dienone is 2. The molecular formula is C21H31NO3. The van der Waals surface area contributed by atoms with Crippen molar-refractivity contribution in [2.45, 2.75) is 78.2 Å². The maximum Gasteiger partial charge on any atom is 0.302 e. The van der Waals surface area contributed by atoms with Crippen LogP contribution >= 0.6 is 0 Å². The van der Waals surface area contributed by atoms with Gasteiger partial charge in [0.05, 0.1) is 0 Å². The molecule has 4 heteroatoms. The monoisotopic (exact) mass is 345 g/mol. The Bertz CT molecular complexity index is 627. The highest BCUT2D eigenvalue weighted by Crippen LogP contribution is 2.64. The summed E-state index contributed by atoms with van der Waals surface area (Å²) in [4.78, 5) is 23.6. The fourth-order valence-electron chi connectivity index (χ4n) is 6.78. The third-order valence-electron chi connectivity index (χ3n) is 8.06. The molecule has 3 aliphatic carbocycles. The molecule has 3 fully saturated rings. The minimum absolute atomic E-state index is 0.0861. The van der Waals surface area contributed by atoms with Crippen LogP contribution in [-0.2, 0) is 14.3 Å². The van der Waals surface area contributed by atoms with Crippen molar-refractivity contribution >= 4 is 11.9 Å². The standard InChI is InChI=1S/C21H31NO3/c1-13(23)25-18-9-7-15-14-6-8-17-20(2,11-4-5-19(24)22-17)16(14)10-12-21(15,18)3/h8,14-16,18H,4-7,9-12H2,1-3H3,(H,22,24).